The molecule has 0 saturated carbocycles. The van der Waals surface area contributed by atoms with Gasteiger partial charge in [-0.15, -0.1) is 5.11 Å². The molecule has 0 aromatic heterocycles. The summed E-state index contributed by atoms with van der Waals surface area (Å²) in [4.78, 5) is 0. The minimum atomic E-state index is 0.804. The van der Waals surface area contributed by atoms with Gasteiger partial charge in [0.2, 0.25) is 0 Å². The van der Waals surface area contributed by atoms with Crippen LogP contribution >= 0.6 is 0 Å². The van der Waals surface area contributed by atoms with Crippen molar-refractivity contribution in [3.63, 3.8) is 0 Å². The van der Waals surface area contributed by atoms with Gasteiger partial charge in [0.25, 0.3) is 0 Å². The van der Waals surface area contributed by atoms with E-state index in [0.717, 1.165) is 28.3 Å². The first kappa shape index (κ1) is 15.0. The number of methoxy groups -OCH3 is 1. The van der Waals surface area contributed by atoms with E-state index < -0.39 is 0 Å². The van der Waals surface area contributed by atoms with Crippen molar-refractivity contribution in [1.82, 2.24) is 0 Å². The zero-order valence-electron chi connectivity index (χ0n) is 13.2. The van der Waals surface area contributed by atoms with Gasteiger partial charge in [-0.2, -0.15) is 5.11 Å². The fourth-order valence-corrected chi connectivity index (χ4v) is 2.30. The van der Waals surface area contributed by atoms with Crippen LogP contribution in [0.3, 0.4) is 0 Å². The Morgan fingerprint density at radius 1 is 0.783 bits per heavy atom. The number of rotatable bonds is 4. The fraction of sp³-hybridized carbons (Fsp3) is 0.100. The third-order valence-corrected chi connectivity index (χ3v) is 3.60. The molecule has 3 nitrogen and oxygen atoms in total. The van der Waals surface area contributed by atoms with Crippen molar-refractivity contribution in [1.29, 1.82) is 0 Å². The molecule has 0 unspecified atom stereocenters. The Labute approximate surface area is 136 Å². The van der Waals surface area contributed by atoms with Crippen molar-refractivity contribution in [2.24, 2.45) is 10.2 Å². The molecule has 3 aromatic rings. The lowest BCUT2D eigenvalue weighted by atomic mass is 10.0. The molecule has 114 valence electrons. The number of aryl methyl sites for hydroxylation is 1. The molecule has 0 aliphatic carbocycles. The summed E-state index contributed by atoms with van der Waals surface area (Å²) in [7, 11) is 1.66. The van der Waals surface area contributed by atoms with Gasteiger partial charge in [-0.3, -0.25) is 0 Å². The smallest absolute Gasteiger partial charge is 0.119 e. The summed E-state index contributed by atoms with van der Waals surface area (Å²) in [6.45, 7) is 2.05. The molecule has 0 heterocycles. The molecule has 0 aliphatic heterocycles. The van der Waals surface area contributed by atoms with Gasteiger partial charge < -0.3 is 4.74 Å². The van der Waals surface area contributed by atoms with Gasteiger partial charge in [0.15, 0.2) is 0 Å². The molecule has 0 spiro atoms. The van der Waals surface area contributed by atoms with Gasteiger partial charge in [-0.05, 0) is 42.8 Å². The van der Waals surface area contributed by atoms with Crippen LogP contribution in [-0.4, -0.2) is 7.11 Å². The molecule has 0 radical (unpaired) electrons. The highest BCUT2D eigenvalue weighted by atomic mass is 16.5. The number of nitrogens with zero attached hydrogens (tertiary/aromatic N) is 2. The summed E-state index contributed by atoms with van der Waals surface area (Å²) in [6.07, 6.45) is 0. The highest BCUT2D eigenvalue weighted by Gasteiger charge is 2.06. The molecule has 3 heteroatoms. The van der Waals surface area contributed by atoms with E-state index in [1.807, 2.05) is 60.7 Å². The first-order chi connectivity index (χ1) is 11.3. The maximum absolute atomic E-state index is 5.34. The maximum atomic E-state index is 5.34. The zero-order valence-corrected chi connectivity index (χ0v) is 13.2. The van der Waals surface area contributed by atoms with Gasteiger partial charge in [-0.1, -0.05) is 48.0 Å². The van der Waals surface area contributed by atoms with Crippen LogP contribution < -0.4 is 4.74 Å². The minimum Gasteiger partial charge on any atom is -0.497 e. The standard InChI is InChI=1S/C20H18N2O/c1-15-8-10-17(11-9-15)21-22-20-13-12-18(23-2)14-19(20)16-6-4-3-5-7-16/h3-14H,1-2H3. The molecule has 0 aliphatic rings. The first-order valence-electron chi connectivity index (χ1n) is 7.48. The van der Waals surface area contributed by atoms with Crippen molar-refractivity contribution in [2.75, 3.05) is 7.11 Å². The molecule has 0 bridgehead atoms. The average Bonchev–Trinajstić information content (AvgIpc) is 2.62. The Balaban J connectivity index is 2.00. The lowest BCUT2D eigenvalue weighted by Gasteiger charge is -2.08. The highest BCUT2D eigenvalue weighted by Crippen LogP contribution is 2.34. The van der Waals surface area contributed by atoms with Crippen LogP contribution in [0.1, 0.15) is 5.56 Å². The average molecular weight is 302 g/mol. The van der Waals surface area contributed by atoms with Crippen molar-refractivity contribution < 1.29 is 4.74 Å². The van der Waals surface area contributed by atoms with E-state index in [9.17, 15) is 0 Å². The Bertz CT molecular complexity index is 809. The second kappa shape index (κ2) is 6.88. The number of hydrogen-bond donors (Lipinski definition) is 0. The van der Waals surface area contributed by atoms with E-state index >= 15 is 0 Å². The second-order valence-electron chi connectivity index (χ2n) is 5.28. The summed E-state index contributed by atoms with van der Waals surface area (Å²) in [5.74, 6) is 0.804. The van der Waals surface area contributed by atoms with Crippen LogP contribution in [0.5, 0.6) is 5.75 Å². The SMILES string of the molecule is COc1ccc(N=Nc2ccc(C)cc2)c(-c2ccccc2)c1. The number of azo groups is 1. The molecular weight excluding hydrogens is 284 g/mol. The molecule has 3 aromatic carbocycles. The third-order valence-electron chi connectivity index (χ3n) is 3.60. The van der Waals surface area contributed by atoms with Gasteiger partial charge in [0, 0.05) is 5.56 Å². The Kier molecular flexibility index (Phi) is 4.48. The Morgan fingerprint density at radius 3 is 2.22 bits per heavy atom. The molecule has 0 N–H and O–H groups in total. The summed E-state index contributed by atoms with van der Waals surface area (Å²) < 4.78 is 5.34. The van der Waals surface area contributed by atoms with Crippen molar-refractivity contribution in [3.8, 4) is 16.9 Å². The van der Waals surface area contributed by atoms with E-state index in [1.165, 1.54) is 5.56 Å². The Hall–Kier alpha value is -2.94. The van der Waals surface area contributed by atoms with Gasteiger partial charge in [0.05, 0.1) is 18.5 Å². The molecule has 0 atom stereocenters. The van der Waals surface area contributed by atoms with E-state index in [-0.39, 0.29) is 0 Å². The van der Waals surface area contributed by atoms with E-state index in [1.54, 1.807) is 7.11 Å². The lowest BCUT2D eigenvalue weighted by molar-refractivity contribution is 0.415. The summed E-state index contributed by atoms with van der Waals surface area (Å²) in [5.41, 5.74) is 4.95. The molecule has 23 heavy (non-hydrogen) atoms. The number of benzene rings is 3. The first-order valence-corrected chi connectivity index (χ1v) is 7.48. The molecule has 0 amide bonds. The summed E-state index contributed by atoms with van der Waals surface area (Å²) >= 11 is 0. The summed E-state index contributed by atoms with van der Waals surface area (Å²) in [5, 5.41) is 8.77. The Morgan fingerprint density at radius 2 is 1.52 bits per heavy atom. The third kappa shape index (κ3) is 3.64. The monoisotopic (exact) mass is 302 g/mol. The van der Waals surface area contributed by atoms with Gasteiger partial charge in [-0.25, -0.2) is 0 Å². The van der Waals surface area contributed by atoms with Crippen molar-refractivity contribution in [3.05, 3.63) is 78.4 Å². The predicted octanol–water partition coefficient (Wildman–Crippen LogP) is 6.09. The van der Waals surface area contributed by atoms with Crippen LogP contribution in [0.15, 0.2) is 83.0 Å². The van der Waals surface area contributed by atoms with Gasteiger partial charge in [0.1, 0.15) is 5.75 Å². The zero-order chi connectivity index (χ0) is 16.1. The molecule has 0 saturated heterocycles. The van der Waals surface area contributed by atoms with Crippen LogP contribution in [0, 0.1) is 6.92 Å². The predicted molar refractivity (Wildman–Crippen MR) is 93.8 cm³/mol. The van der Waals surface area contributed by atoms with Crippen molar-refractivity contribution >= 4 is 11.4 Å². The second-order valence-corrected chi connectivity index (χ2v) is 5.28. The van der Waals surface area contributed by atoms with Crippen LogP contribution in [0.25, 0.3) is 11.1 Å². The molecule has 0 fully saturated rings. The highest BCUT2D eigenvalue weighted by molar-refractivity contribution is 5.77. The normalized spacial score (nSPS) is 10.9. The van der Waals surface area contributed by atoms with Crippen molar-refractivity contribution in [2.45, 2.75) is 6.92 Å². The van der Waals surface area contributed by atoms with E-state index in [4.69, 9.17) is 4.74 Å². The van der Waals surface area contributed by atoms with E-state index in [2.05, 4.69) is 29.3 Å². The topological polar surface area (TPSA) is 34.0 Å². The number of ether oxygens (including phenoxy) is 1. The quantitative estimate of drug-likeness (QED) is 0.537. The maximum Gasteiger partial charge on any atom is 0.119 e. The fourth-order valence-electron chi connectivity index (χ4n) is 2.30. The largest absolute Gasteiger partial charge is 0.497 e. The summed E-state index contributed by atoms with van der Waals surface area (Å²) in [6, 6.07) is 23.9. The van der Waals surface area contributed by atoms with Crippen LogP contribution in [0.4, 0.5) is 11.4 Å². The number of hydrogen-bond acceptors (Lipinski definition) is 3. The van der Waals surface area contributed by atoms with Gasteiger partial charge >= 0.3 is 0 Å². The molecular formula is C20H18N2O. The van der Waals surface area contributed by atoms with E-state index in [0.29, 0.717) is 0 Å². The van der Waals surface area contributed by atoms with Crippen LogP contribution in [-0.2, 0) is 0 Å². The molecule has 3 rings (SSSR count). The van der Waals surface area contributed by atoms with Crippen LogP contribution in [0.2, 0.25) is 0 Å². The lowest BCUT2D eigenvalue weighted by Crippen LogP contribution is -1.84. The minimum absolute atomic E-state index is 0.804.